The van der Waals surface area contributed by atoms with Gasteiger partial charge < -0.3 is 26.2 Å². The first-order chi connectivity index (χ1) is 24.3. The average Bonchev–Trinajstić information content (AvgIpc) is 3.63. The quantitative estimate of drug-likeness (QED) is 0.147. The molecule has 7 atom stereocenters. The summed E-state index contributed by atoms with van der Waals surface area (Å²) in [6.45, 7) is 11.1. The molecule has 3 saturated carbocycles. The van der Waals surface area contributed by atoms with Crippen molar-refractivity contribution in [3.05, 3.63) is 0 Å². The molecule has 0 aromatic rings. The van der Waals surface area contributed by atoms with Crippen LogP contribution in [0.25, 0.3) is 0 Å². The first kappa shape index (κ1) is 41.7. The molecule has 0 aromatic carbocycles. The lowest BCUT2D eigenvalue weighted by Crippen LogP contribution is -2.63. The minimum Gasteiger partial charge on any atom is -0.347 e. The molecule has 294 valence electrons. The number of nitrogens with one attached hydrogen (secondary N) is 5. The third-order valence-electron chi connectivity index (χ3n) is 11.2. The third-order valence-corrected chi connectivity index (χ3v) is 11.9. The molecule has 3 aliphatic carbocycles. The lowest BCUT2D eigenvalue weighted by molar-refractivity contribution is -0.146. The summed E-state index contributed by atoms with van der Waals surface area (Å²) < 4.78 is 26.6. The zero-order valence-electron chi connectivity index (χ0n) is 32.1. The summed E-state index contributed by atoms with van der Waals surface area (Å²) in [7, 11) is -3.73. The van der Waals surface area contributed by atoms with Crippen molar-refractivity contribution in [1.29, 1.82) is 0 Å². The fourth-order valence-corrected chi connectivity index (χ4v) is 9.04. The second-order valence-corrected chi connectivity index (χ2v) is 18.8. The number of nitrogens with zero attached hydrogens (tertiary/aromatic N) is 1. The largest absolute Gasteiger partial charge is 0.347 e. The van der Waals surface area contributed by atoms with Crippen molar-refractivity contribution in [2.24, 2.45) is 29.1 Å². The molecular weight excluding hydrogens is 689 g/mol. The number of ketones is 1. The molecule has 4 rings (SSSR count). The Balaban J connectivity index is 1.58. The van der Waals surface area contributed by atoms with Crippen LogP contribution < -0.4 is 26.0 Å². The molecule has 52 heavy (non-hydrogen) atoms. The lowest BCUT2D eigenvalue weighted by atomic mass is 9.82. The van der Waals surface area contributed by atoms with Gasteiger partial charge in [0.15, 0.2) is 0 Å². The second-order valence-electron chi connectivity index (χ2n) is 17.1. The normalized spacial score (nSPS) is 24.7. The van der Waals surface area contributed by atoms with Crippen LogP contribution in [0.15, 0.2) is 0 Å². The van der Waals surface area contributed by atoms with Crippen LogP contribution in [-0.2, 0) is 38.8 Å². The van der Waals surface area contributed by atoms with Crippen LogP contribution in [0, 0.1) is 29.1 Å². The molecule has 15 heteroatoms. The van der Waals surface area contributed by atoms with E-state index >= 15 is 0 Å². The van der Waals surface area contributed by atoms with E-state index in [1.54, 1.807) is 18.7 Å². The average molecular weight is 751 g/mol. The molecular formula is C37H62N6O8S. The Morgan fingerprint density at radius 2 is 1.48 bits per heavy atom. The highest BCUT2D eigenvalue weighted by Crippen LogP contribution is 2.43. The lowest BCUT2D eigenvalue weighted by Gasteiger charge is -2.38. The fourth-order valence-electron chi connectivity index (χ4n) is 8.20. The Bertz CT molecular complexity index is 1450. The van der Waals surface area contributed by atoms with Gasteiger partial charge in [-0.3, -0.25) is 28.8 Å². The van der Waals surface area contributed by atoms with Crippen molar-refractivity contribution < 1.29 is 37.2 Å². The maximum absolute atomic E-state index is 14.7. The number of hydrogen-bond donors (Lipinski definition) is 5. The number of carbonyl (C=O) groups is 6. The zero-order chi connectivity index (χ0) is 38.5. The van der Waals surface area contributed by atoms with Gasteiger partial charge in [0.1, 0.15) is 24.2 Å². The van der Waals surface area contributed by atoms with Crippen molar-refractivity contribution in [3.63, 3.8) is 0 Å². The van der Waals surface area contributed by atoms with Crippen molar-refractivity contribution in [2.75, 3.05) is 12.8 Å². The van der Waals surface area contributed by atoms with Gasteiger partial charge in [-0.2, -0.15) is 0 Å². The summed E-state index contributed by atoms with van der Waals surface area (Å²) in [4.78, 5) is 84.0. The molecule has 14 nitrogen and oxygen atoms in total. The van der Waals surface area contributed by atoms with Gasteiger partial charge in [0.05, 0.1) is 12.3 Å². The first-order valence-corrected chi connectivity index (χ1v) is 21.2. The summed E-state index contributed by atoms with van der Waals surface area (Å²) in [6.07, 6.45) is 10.1. The number of carbonyl (C=O) groups excluding carboxylic acids is 6. The van der Waals surface area contributed by atoms with Crippen LogP contribution in [0.1, 0.15) is 119 Å². The van der Waals surface area contributed by atoms with E-state index in [0.717, 1.165) is 57.6 Å². The minimum absolute atomic E-state index is 0.00650. The number of rotatable bonds is 16. The van der Waals surface area contributed by atoms with Gasteiger partial charge >= 0.3 is 0 Å². The topological polar surface area (TPSA) is 200 Å². The van der Waals surface area contributed by atoms with Crippen molar-refractivity contribution >= 4 is 45.3 Å². The number of amides is 5. The van der Waals surface area contributed by atoms with Crippen LogP contribution in [0.5, 0.6) is 0 Å². The Labute approximate surface area is 309 Å². The van der Waals surface area contributed by atoms with Crippen molar-refractivity contribution in [1.82, 2.24) is 30.9 Å². The Morgan fingerprint density at radius 1 is 0.827 bits per heavy atom. The molecule has 1 aliphatic heterocycles. The SMILES string of the molecule is CCC[C@H](NC(=O)[C@@H]1[C@H]2CCCC2CN1C(=O)[C@@H](NC(=O)[C@@H](NC(=O)[C@H](NS(C)(=O)=O)C(C)C)C1CCCCC1)C(C)(C)C)C(=O)C(=O)NC1CC1. The fraction of sp³-hybridized carbons (Fsp3) is 0.838. The summed E-state index contributed by atoms with van der Waals surface area (Å²) >= 11 is 0. The van der Waals surface area contributed by atoms with E-state index in [1.165, 1.54) is 0 Å². The number of fused-ring (bicyclic) bond motifs is 1. The Kier molecular flexibility index (Phi) is 13.9. The van der Waals surface area contributed by atoms with Crippen LogP contribution in [-0.4, -0.2) is 97.7 Å². The maximum Gasteiger partial charge on any atom is 0.289 e. The van der Waals surface area contributed by atoms with Crippen molar-refractivity contribution in [2.45, 2.75) is 155 Å². The van der Waals surface area contributed by atoms with Gasteiger partial charge in [0, 0.05) is 12.6 Å². The summed E-state index contributed by atoms with van der Waals surface area (Å²) in [6, 6.07) is -5.06. The molecule has 0 aromatic heterocycles. The first-order valence-electron chi connectivity index (χ1n) is 19.4. The predicted molar refractivity (Wildman–Crippen MR) is 196 cm³/mol. The van der Waals surface area contributed by atoms with Gasteiger partial charge in [0.25, 0.3) is 5.91 Å². The number of sulfonamides is 1. The van der Waals surface area contributed by atoms with Crippen LogP contribution in [0.4, 0.5) is 0 Å². The molecule has 1 saturated heterocycles. The Hall–Kier alpha value is -3.07. The van der Waals surface area contributed by atoms with Gasteiger partial charge in [-0.25, -0.2) is 13.1 Å². The molecule has 4 aliphatic rings. The predicted octanol–water partition coefficient (Wildman–Crippen LogP) is 1.92. The summed E-state index contributed by atoms with van der Waals surface area (Å²) in [5.41, 5.74) is -0.799. The number of likely N-dealkylation sites (tertiary alicyclic amines) is 1. The van der Waals surface area contributed by atoms with E-state index in [1.807, 2.05) is 27.7 Å². The molecule has 0 spiro atoms. The van der Waals surface area contributed by atoms with Gasteiger partial charge in [-0.05, 0) is 74.0 Å². The molecule has 1 heterocycles. The summed E-state index contributed by atoms with van der Waals surface area (Å²) in [5.74, 6) is -4.10. The smallest absolute Gasteiger partial charge is 0.289 e. The van der Waals surface area contributed by atoms with Crippen molar-refractivity contribution in [3.8, 4) is 0 Å². The highest BCUT2D eigenvalue weighted by Gasteiger charge is 2.52. The second kappa shape index (κ2) is 17.4. The van der Waals surface area contributed by atoms with Crippen LogP contribution in [0.3, 0.4) is 0 Å². The van der Waals surface area contributed by atoms with Gasteiger partial charge in [-0.1, -0.05) is 73.6 Å². The molecule has 0 bridgehead atoms. The standard InChI is InChI=1S/C37H62N6O8S/c1-8-13-26(30(44)35(48)38-24-18-19-24)39-34(47)29-25-17-12-16-23(25)20-43(29)36(49)31(37(4,5)6)41-33(46)28(22-14-10-9-11-15-22)40-32(45)27(21(2)3)42-52(7,50)51/h21-29,31,42H,8-20H2,1-7H3,(H,38,48)(H,39,47)(H,40,45)(H,41,46)/t23?,25-,26-,27+,28-,29-,31+/m0/s1. The van der Waals surface area contributed by atoms with Gasteiger partial charge in [-0.15, -0.1) is 0 Å². The minimum atomic E-state index is -3.73. The van der Waals surface area contributed by atoms with Crippen LogP contribution >= 0.6 is 0 Å². The third kappa shape index (κ3) is 10.8. The van der Waals surface area contributed by atoms with E-state index in [4.69, 9.17) is 0 Å². The molecule has 5 N–H and O–H groups in total. The highest BCUT2D eigenvalue weighted by molar-refractivity contribution is 7.88. The highest BCUT2D eigenvalue weighted by atomic mass is 32.2. The van der Waals surface area contributed by atoms with Crippen LogP contribution in [0.2, 0.25) is 0 Å². The monoisotopic (exact) mass is 750 g/mol. The van der Waals surface area contributed by atoms with Gasteiger partial charge in [0.2, 0.25) is 39.4 Å². The van der Waals surface area contributed by atoms with E-state index in [0.29, 0.717) is 25.8 Å². The van der Waals surface area contributed by atoms with E-state index < -0.39 is 86.9 Å². The number of Topliss-reactive ketones (excluding diaryl/α,β-unsaturated/α-hetero) is 1. The van der Waals surface area contributed by atoms with E-state index in [2.05, 4.69) is 26.0 Å². The van der Waals surface area contributed by atoms with E-state index in [-0.39, 0.29) is 30.2 Å². The molecule has 4 fully saturated rings. The summed E-state index contributed by atoms with van der Waals surface area (Å²) in [5, 5.41) is 11.4. The molecule has 0 radical (unpaired) electrons. The number of hydrogen-bond acceptors (Lipinski definition) is 8. The maximum atomic E-state index is 14.7. The molecule has 5 amide bonds. The molecule has 1 unspecified atom stereocenters. The van der Waals surface area contributed by atoms with E-state index in [9.17, 15) is 37.2 Å². The Morgan fingerprint density at radius 3 is 2.04 bits per heavy atom. The zero-order valence-corrected chi connectivity index (χ0v) is 32.9.